The second-order valence-electron chi connectivity index (χ2n) is 8.16. The second kappa shape index (κ2) is 6.80. The number of fused-ring (bicyclic) bond motifs is 1. The molecule has 2 fully saturated rings. The Morgan fingerprint density at radius 2 is 2.09 bits per heavy atom. The minimum Gasteiger partial charge on any atom is -0.481 e. The van der Waals surface area contributed by atoms with Crippen LogP contribution in [-0.4, -0.2) is 22.8 Å². The number of hydrogen-bond acceptors (Lipinski definition) is 2. The first-order chi connectivity index (χ1) is 10.8. The van der Waals surface area contributed by atoms with Crippen molar-refractivity contribution in [1.82, 2.24) is 0 Å². The SMILES string of the molecule is C=C1CC[C@@H]2[C@](C)(CCC[C@@]2(C)C(=O)O)[C@H]1CC/C(C)=C\CO. The zero-order valence-electron chi connectivity index (χ0n) is 14.9. The molecule has 23 heavy (non-hydrogen) atoms. The van der Waals surface area contributed by atoms with Gasteiger partial charge in [0.2, 0.25) is 0 Å². The molecule has 4 atom stereocenters. The van der Waals surface area contributed by atoms with Gasteiger partial charge < -0.3 is 10.2 Å². The van der Waals surface area contributed by atoms with E-state index in [4.69, 9.17) is 5.11 Å². The van der Waals surface area contributed by atoms with Crippen molar-refractivity contribution in [2.45, 2.75) is 65.7 Å². The molecule has 0 spiro atoms. The van der Waals surface area contributed by atoms with E-state index in [9.17, 15) is 9.90 Å². The highest BCUT2D eigenvalue weighted by molar-refractivity contribution is 5.75. The summed E-state index contributed by atoms with van der Waals surface area (Å²) >= 11 is 0. The summed E-state index contributed by atoms with van der Waals surface area (Å²) in [5.41, 5.74) is 1.96. The summed E-state index contributed by atoms with van der Waals surface area (Å²) in [7, 11) is 0. The molecule has 2 saturated carbocycles. The maximum Gasteiger partial charge on any atom is 0.309 e. The third-order valence-corrected chi connectivity index (χ3v) is 6.78. The molecule has 0 aliphatic heterocycles. The lowest BCUT2D eigenvalue weighted by Crippen LogP contribution is -2.53. The van der Waals surface area contributed by atoms with Gasteiger partial charge in [-0.1, -0.05) is 37.1 Å². The molecule has 0 aromatic carbocycles. The van der Waals surface area contributed by atoms with Crippen LogP contribution in [-0.2, 0) is 4.79 Å². The van der Waals surface area contributed by atoms with Crippen LogP contribution in [0.4, 0.5) is 0 Å². The molecule has 130 valence electrons. The van der Waals surface area contributed by atoms with Gasteiger partial charge in [-0.2, -0.15) is 0 Å². The molecule has 2 rings (SSSR count). The number of aliphatic carboxylic acids is 1. The van der Waals surface area contributed by atoms with Crippen molar-refractivity contribution in [2.75, 3.05) is 6.61 Å². The molecular weight excluding hydrogens is 288 g/mol. The predicted octanol–water partition coefficient (Wildman–Crippen LogP) is 4.57. The van der Waals surface area contributed by atoms with Crippen molar-refractivity contribution in [2.24, 2.45) is 22.7 Å². The summed E-state index contributed by atoms with van der Waals surface area (Å²) in [6.45, 7) is 10.7. The Bertz CT molecular complexity index is 507. The fraction of sp³-hybridized carbons (Fsp3) is 0.750. The third kappa shape index (κ3) is 3.26. The molecule has 0 saturated heterocycles. The smallest absolute Gasteiger partial charge is 0.309 e. The number of carboxylic acids is 1. The van der Waals surface area contributed by atoms with E-state index in [1.807, 2.05) is 13.0 Å². The summed E-state index contributed by atoms with van der Waals surface area (Å²) in [4.78, 5) is 12.0. The van der Waals surface area contributed by atoms with E-state index in [1.54, 1.807) is 0 Å². The molecular formula is C20H32O3. The van der Waals surface area contributed by atoms with Crippen molar-refractivity contribution < 1.29 is 15.0 Å². The second-order valence-corrected chi connectivity index (χ2v) is 8.16. The summed E-state index contributed by atoms with van der Waals surface area (Å²) in [5, 5.41) is 18.9. The van der Waals surface area contributed by atoms with Gasteiger partial charge in [0.25, 0.3) is 0 Å². The molecule has 0 radical (unpaired) electrons. The Balaban J connectivity index is 2.26. The van der Waals surface area contributed by atoms with E-state index in [0.29, 0.717) is 5.92 Å². The summed E-state index contributed by atoms with van der Waals surface area (Å²) in [6, 6.07) is 0. The molecule has 2 N–H and O–H groups in total. The van der Waals surface area contributed by atoms with Gasteiger partial charge in [0.15, 0.2) is 0 Å². The lowest BCUT2D eigenvalue weighted by Gasteiger charge is -2.57. The fourth-order valence-electron chi connectivity index (χ4n) is 5.37. The van der Waals surface area contributed by atoms with Gasteiger partial charge >= 0.3 is 5.97 Å². The average Bonchev–Trinajstić information content (AvgIpc) is 2.46. The molecule has 3 heteroatoms. The van der Waals surface area contributed by atoms with E-state index in [-0.39, 0.29) is 17.9 Å². The Morgan fingerprint density at radius 3 is 2.70 bits per heavy atom. The Hall–Kier alpha value is -1.09. The standard InChI is InChI=1S/C20H32O3/c1-14(10-13-21)6-8-16-15(2)7-9-17-19(16,3)11-5-12-20(17,4)18(22)23/h10,16-17,21H,2,5-9,11-13H2,1,3-4H3,(H,22,23)/b14-10-/t16-,17+,19+,20+/m0/s1. The van der Waals surface area contributed by atoms with Crippen molar-refractivity contribution >= 4 is 5.97 Å². The van der Waals surface area contributed by atoms with Crippen LogP contribution in [0.3, 0.4) is 0 Å². The van der Waals surface area contributed by atoms with Gasteiger partial charge in [0, 0.05) is 0 Å². The lowest BCUT2D eigenvalue weighted by atomic mass is 9.46. The normalized spacial score (nSPS) is 38.3. The van der Waals surface area contributed by atoms with Crippen molar-refractivity contribution in [1.29, 1.82) is 0 Å². The van der Waals surface area contributed by atoms with Crippen LogP contribution in [0.5, 0.6) is 0 Å². The maximum atomic E-state index is 12.0. The van der Waals surface area contributed by atoms with Crippen LogP contribution in [0.2, 0.25) is 0 Å². The molecule has 0 amide bonds. The highest BCUT2D eigenvalue weighted by atomic mass is 16.4. The number of aliphatic hydroxyl groups is 1. The molecule has 2 aliphatic carbocycles. The minimum atomic E-state index is -0.629. The van der Waals surface area contributed by atoms with Gasteiger partial charge in [-0.3, -0.25) is 4.79 Å². The first kappa shape index (κ1) is 18.3. The topological polar surface area (TPSA) is 57.5 Å². The van der Waals surface area contributed by atoms with Crippen molar-refractivity contribution in [3.05, 3.63) is 23.8 Å². The van der Waals surface area contributed by atoms with Gasteiger partial charge in [-0.25, -0.2) is 0 Å². The van der Waals surface area contributed by atoms with Crippen LogP contribution >= 0.6 is 0 Å². The largest absolute Gasteiger partial charge is 0.481 e. The van der Waals surface area contributed by atoms with Crippen molar-refractivity contribution in [3.8, 4) is 0 Å². The molecule has 0 heterocycles. The Labute approximate surface area is 140 Å². The van der Waals surface area contributed by atoms with E-state index in [2.05, 4.69) is 20.4 Å². The van der Waals surface area contributed by atoms with E-state index in [1.165, 1.54) is 11.1 Å². The highest BCUT2D eigenvalue weighted by Gasteiger charge is 2.57. The highest BCUT2D eigenvalue weighted by Crippen LogP contribution is 2.62. The number of rotatable bonds is 5. The van der Waals surface area contributed by atoms with Crippen LogP contribution in [0.15, 0.2) is 23.8 Å². The maximum absolute atomic E-state index is 12.0. The molecule has 0 aromatic rings. The van der Waals surface area contributed by atoms with E-state index in [0.717, 1.165) is 44.9 Å². The quantitative estimate of drug-likeness (QED) is 0.730. The Kier molecular flexibility index (Phi) is 5.40. The summed E-state index contributed by atoms with van der Waals surface area (Å²) in [6.07, 6.45) is 8.65. The van der Waals surface area contributed by atoms with Crippen LogP contribution < -0.4 is 0 Å². The first-order valence-electron chi connectivity index (χ1n) is 8.93. The van der Waals surface area contributed by atoms with Gasteiger partial charge in [-0.15, -0.1) is 0 Å². The molecule has 3 nitrogen and oxygen atoms in total. The molecule has 0 unspecified atom stereocenters. The van der Waals surface area contributed by atoms with Crippen LogP contribution in [0.1, 0.15) is 65.7 Å². The molecule has 0 bridgehead atoms. The predicted molar refractivity (Wildman–Crippen MR) is 93.1 cm³/mol. The lowest BCUT2D eigenvalue weighted by molar-refractivity contribution is -0.164. The molecule has 0 aromatic heterocycles. The Morgan fingerprint density at radius 1 is 1.39 bits per heavy atom. The van der Waals surface area contributed by atoms with Crippen LogP contribution in [0, 0.1) is 22.7 Å². The van der Waals surface area contributed by atoms with Gasteiger partial charge in [0.1, 0.15) is 0 Å². The average molecular weight is 320 g/mol. The van der Waals surface area contributed by atoms with E-state index >= 15 is 0 Å². The third-order valence-electron chi connectivity index (χ3n) is 6.78. The fourth-order valence-corrected chi connectivity index (χ4v) is 5.37. The number of allylic oxidation sites excluding steroid dienone is 2. The number of carbonyl (C=O) groups is 1. The van der Waals surface area contributed by atoms with Crippen molar-refractivity contribution in [3.63, 3.8) is 0 Å². The summed E-state index contributed by atoms with van der Waals surface area (Å²) in [5.74, 6) is -0.00260. The number of carboxylic acid groups (broad SMARTS) is 1. The summed E-state index contributed by atoms with van der Waals surface area (Å²) < 4.78 is 0. The molecule has 2 aliphatic rings. The number of aliphatic hydroxyl groups excluding tert-OH is 1. The van der Waals surface area contributed by atoms with Crippen LogP contribution in [0.25, 0.3) is 0 Å². The monoisotopic (exact) mass is 320 g/mol. The minimum absolute atomic E-state index is 0.0419. The zero-order valence-corrected chi connectivity index (χ0v) is 14.9. The number of hydrogen-bond donors (Lipinski definition) is 2. The zero-order chi connectivity index (χ0) is 17.3. The van der Waals surface area contributed by atoms with Gasteiger partial charge in [-0.05, 0) is 69.6 Å². The van der Waals surface area contributed by atoms with E-state index < -0.39 is 11.4 Å². The first-order valence-corrected chi connectivity index (χ1v) is 8.93. The van der Waals surface area contributed by atoms with Gasteiger partial charge in [0.05, 0.1) is 12.0 Å².